The number of esters is 5. The predicted molar refractivity (Wildman–Crippen MR) is 570 cm³/mol. The van der Waals surface area contributed by atoms with E-state index in [1.54, 1.807) is 82.3 Å². The maximum Gasteiger partial charge on any atom is 1.00 e. The van der Waals surface area contributed by atoms with Crippen LogP contribution in [-0.4, -0.2) is 209 Å². The van der Waals surface area contributed by atoms with E-state index in [0.717, 1.165) is 24.3 Å². The van der Waals surface area contributed by atoms with E-state index in [1.165, 1.54) is 118 Å². The molecule has 0 saturated heterocycles. The molecule has 3 unspecified atom stereocenters. The molecule has 0 saturated carbocycles. The van der Waals surface area contributed by atoms with Crippen LogP contribution < -0.4 is 68.9 Å². The number of unbranched alkanes of at least 4 members (excludes halogenated alkanes) is 2. The molecule has 0 radical (unpaired) electrons. The van der Waals surface area contributed by atoms with Gasteiger partial charge in [-0.2, -0.15) is 19.2 Å². The van der Waals surface area contributed by atoms with Crippen LogP contribution in [0.25, 0.3) is 0 Å². The summed E-state index contributed by atoms with van der Waals surface area (Å²) in [6.07, 6.45) is 10.5. The molecule has 0 fully saturated rings. The van der Waals surface area contributed by atoms with Gasteiger partial charge in [0.05, 0.1) is 157 Å². The standard InChI is InChI=1S/C34H44O6S13.C24H36O4S8.3C3H6O2S.CH3F.CH2I2.2CO2.Cs.2H2O/c1-7-20-21(8-2)47-31(46-20)33-52-29(43-18-15-25(37)40-12-6)30(53-33)45-19-44-26-22(9-3)48-32(49-26)34-50-27(41-16-13-23(35)38-10-4)28(51-34)42-17-14-24(36)39-11-5;1-5-9-13-29-19-20(30-14-10-6-2)34-23(33-19)24-35-21(31-15-11-17(25)27-7-3)22(36-24)32-16-12-18(26)28-8-4;3*1-6(2-4)3-5;1-2;3*2-1-3;;;/h7-19H2,1-6H3;5-16H2,1-4H3;3*2,5H,1,3H2;1H3;1H2;;;;2*1H2/q;;;;;;;;;+1;;/p-1/i;;;;;1D;;;;;;. The van der Waals surface area contributed by atoms with Gasteiger partial charge in [-0.3, -0.25) is 42.7 Å². The minimum atomic E-state index is -1.00. The third kappa shape index (κ3) is 66.2. The summed E-state index contributed by atoms with van der Waals surface area (Å²) >= 11 is 43.5. The Morgan fingerprint density at radius 3 is 0.769 bits per heavy atom. The number of ether oxygens (including phenoxy) is 5. The van der Waals surface area contributed by atoms with Crippen molar-refractivity contribution < 1.29 is 182 Å². The van der Waals surface area contributed by atoms with Crippen LogP contribution in [0.2, 0.25) is 0 Å². The Balaban J connectivity index is -0.000000417. The molecular weight excluding hydrogens is 2380 g/mol. The van der Waals surface area contributed by atoms with Crippen LogP contribution in [0, 0.1) is 0 Å². The number of aliphatic hydroxyl groups excluding tert-OH is 3. The van der Waals surface area contributed by atoms with Gasteiger partial charge in [-0.25, -0.2) is 0 Å². The summed E-state index contributed by atoms with van der Waals surface area (Å²) in [6.45, 7) is 22.4. The van der Waals surface area contributed by atoms with Crippen molar-refractivity contribution in [1.29, 1.82) is 0 Å². The SMILES string of the molecule is C=S(C=O)CO.C=S(C=O)CO.C=S(C=O)CO.CCCCSC1=C(SCCCC)SC(=C2SC(SCCC(=O)OCC)=C(SCCC(=O)OCC)S2)S1.CCOC(=O)CCSC1=C(SCSC2=C(CC)SC(=C3SC(SCCC(=O)OCC)=C(SCCC(=O)OCC)S3)S2)SC(=C2SC(CC)=C(CC)S2)S1.ICI.O.O=C=O.O=C=O.[2H]CF.[Cs+].[OH-]. The van der Waals surface area contributed by atoms with Crippen molar-refractivity contribution in [2.24, 2.45) is 0 Å². The third-order valence-electron chi connectivity index (χ3n) is 12.0. The molecule has 0 amide bonds. The molecule has 6 aliphatic heterocycles. The molecular formula is C71H106CsFI2O22S24. The molecule has 6 rings (SSSR count). The average Bonchev–Trinajstić information content (AvgIpc) is 1.67. The number of halogens is 3. The van der Waals surface area contributed by atoms with Crippen molar-refractivity contribution >= 4 is 400 Å². The number of alkyl halides is 3. The zero-order valence-corrected chi connectivity index (χ0v) is 98.9. The Morgan fingerprint density at radius 1 is 0.397 bits per heavy atom. The van der Waals surface area contributed by atoms with Crippen molar-refractivity contribution in [3.63, 3.8) is 0 Å². The second kappa shape index (κ2) is 93.1. The van der Waals surface area contributed by atoms with Gasteiger partial charge in [-0.05, 0) is 88.0 Å². The summed E-state index contributed by atoms with van der Waals surface area (Å²) in [6, 6.07) is 0. The normalized spacial score (nSPS) is 15.0. The largest absolute Gasteiger partial charge is 1.00 e. The maximum atomic E-state index is 12.1. The van der Waals surface area contributed by atoms with E-state index < -0.39 is 38.6 Å². The minimum Gasteiger partial charge on any atom is -0.870 e. The van der Waals surface area contributed by atoms with E-state index >= 15 is 0 Å². The number of allylic oxidation sites excluding steroid dienone is 3. The molecule has 50 heteroatoms. The van der Waals surface area contributed by atoms with Gasteiger partial charge in [0.1, 0.15) is 0 Å². The van der Waals surface area contributed by atoms with Crippen LogP contribution in [-0.2, 0) is 81.2 Å². The molecule has 0 spiro atoms. The first-order valence-electron chi connectivity index (χ1n) is 35.9. The Hall–Kier alpha value is 4.03. The first-order chi connectivity index (χ1) is 57.3. The number of hydrogen-bond acceptors (Lipinski definition) is 42. The summed E-state index contributed by atoms with van der Waals surface area (Å²) in [5.74, 6) is 14.5. The first-order valence-corrected chi connectivity index (χ1v) is 61.8. The van der Waals surface area contributed by atoms with E-state index in [1.807, 2.05) is 199 Å². The number of aliphatic hydroxyl groups is 3. The van der Waals surface area contributed by atoms with Crippen LogP contribution >= 0.6 is 324 Å². The molecule has 6 aliphatic rings. The molecule has 22 nitrogen and oxygen atoms in total. The van der Waals surface area contributed by atoms with Crippen molar-refractivity contribution in [3.05, 3.63) is 78.3 Å². The quantitative estimate of drug-likeness (QED) is 0.00745. The number of thioether (sulfide) groups is 21. The van der Waals surface area contributed by atoms with Crippen molar-refractivity contribution in [3.8, 4) is 0 Å². The molecule has 0 aromatic heterocycles. The minimum absolute atomic E-state index is 0. The molecule has 3 atom stereocenters. The van der Waals surface area contributed by atoms with Gasteiger partial charge in [0.25, 0.3) is 0 Å². The van der Waals surface area contributed by atoms with E-state index in [0.29, 0.717) is 111 Å². The van der Waals surface area contributed by atoms with Crippen LogP contribution in [0.4, 0.5) is 4.39 Å². The topological polar surface area (TPSA) is 373 Å². The Kier molecular flexibility index (Phi) is 103. The molecule has 0 aliphatic carbocycles. The summed E-state index contributed by atoms with van der Waals surface area (Å²) < 4.78 is 62.1. The summed E-state index contributed by atoms with van der Waals surface area (Å²) in [5.41, 5.74) is 1.92. The van der Waals surface area contributed by atoms with Gasteiger partial charge in [0.15, 0.2) is 16.9 Å². The smallest absolute Gasteiger partial charge is 0.870 e. The van der Waals surface area contributed by atoms with Gasteiger partial charge in [0, 0.05) is 38.8 Å². The molecule has 0 aromatic rings. The van der Waals surface area contributed by atoms with E-state index in [2.05, 4.69) is 97.4 Å². The molecule has 0 bridgehead atoms. The average molecular weight is 2490 g/mol. The number of hydrogen-bond donors (Lipinski definition) is 3. The number of carbonyl (C=O) groups excluding carboxylic acids is 12. The Labute approximate surface area is 898 Å². The van der Waals surface area contributed by atoms with Crippen molar-refractivity contribution in [2.45, 2.75) is 146 Å². The molecule has 688 valence electrons. The zero-order valence-electron chi connectivity index (χ0n) is 69.7. The summed E-state index contributed by atoms with van der Waals surface area (Å²) in [7, 11) is -2.98. The fraction of sp³-hybridized carbons (Fsp3) is 0.563. The van der Waals surface area contributed by atoms with Crippen molar-refractivity contribution in [1.82, 2.24) is 0 Å². The van der Waals surface area contributed by atoms with Crippen LogP contribution in [0.1, 0.15) is 148 Å². The summed E-state index contributed by atoms with van der Waals surface area (Å²) in [5, 5.41) is 25.1. The monoisotopic (exact) mass is 2480 g/mol. The van der Waals surface area contributed by atoms with Gasteiger partial charge < -0.3 is 50.0 Å². The second-order valence-electron chi connectivity index (χ2n) is 20.3. The van der Waals surface area contributed by atoms with Gasteiger partial charge >= 0.3 is 111 Å². The van der Waals surface area contributed by atoms with E-state index in [4.69, 9.17) is 59.6 Å². The molecule has 6 N–H and O–H groups in total. The number of rotatable bonds is 46. The summed E-state index contributed by atoms with van der Waals surface area (Å²) in [4.78, 5) is 125. The van der Waals surface area contributed by atoms with E-state index in [9.17, 15) is 42.7 Å². The first kappa shape index (κ1) is 134. The number of carbonyl (C=O) groups is 8. The fourth-order valence-electron chi connectivity index (χ4n) is 6.98. The maximum absolute atomic E-state index is 12.1. The van der Waals surface area contributed by atoms with Crippen LogP contribution in [0.15, 0.2) is 78.3 Å². The van der Waals surface area contributed by atoms with Gasteiger partial charge in [-0.1, -0.05) is 251 Å². The van der Waals surface area contributed by atoms with Gasteiger partial charge in [-0.15, -0.1) is 137 Å². The third-order valence-corrected chi connectivity index (χ3v) is 44.9. The second-order valence-corrected chi connectivity index (χ2v) is 55.7. The fourth-order valence-corrected chi connectivity index (χ4v) is 39.4. The zero-order chi connectivity index (χ0) is 90.1. The molecule has 6 heterocycles. The van der Waals surface area contributed by atoms with Crippen molar-refractivity contribution in [2.75, 3.05) is 106 Å². The van der Waals surface area contributed by atoms with E-state index in [-0.39, 0.29) is 140 Å². The van der Waals surface area contributed by atoms with Crippen LogP contribution in [0.3, 0.4) is 0 Å². The Bertz CT molecular complexity index is 3390. The molecule has 0 aromatic carbocycles. The predicted octanol–water partition coefficient (Wildman–Crippen LogP) is 21.0. The van der Waals surface area contributed by atoms with Crippen LogP contribution in [0.5, 0.6) is 0 Å². The molecule has 121 heavy (non-hydrogen) atoms. The Morgan fingerprint density at radius 2 is 0.579 bits per heavy atom. The van der Waals surface area contributed by atoms with Gasteiger partial charge in [0.2, 0.25) is 0 Å².